The summed E-state index contributed by atoms with van der Waals surface area (Å²) in [5.74, 6) is -0.501. The molecule has 1 N–H and O–H groups in total. The van der Waals surface area contributed by atoms with Gasteiger partial charge in [-0.2, -0.15) is 5.10 Å². The highest BCUT2D eigenvalue weighted by Gasteiger charge is 2.36. The van der Waals surface area contributed by atoms with Crippen molar-refractivity contribution in [3.63, 3.8) is 0 Å². The molecule has 1 unspecified atom stereocenters. The fourth-order valence-corrected chi connectivity index (χ4v) is 3.31. The number of hydrogen-bond donors (Lipinski definition) is 1. The molecular formula is C18H13BrFN3O. The number of fused-ring (bicyclic) bond motifs is 1. The third-order valence-electron chi connectivity index (χ3n) is 4.16. The first-order valence-corrected chi connectivity index (χ1v) is 8.25. The fourth-order valence-electron chi connectivity index (χ4n) is 3.05. The topological polar surface area (TPSA) is 46.9 Å². The van der Waals surface area contributed by atoms with Gasteiger partial charge in [-0.1, -0.05) is 28.1 Å². The molecule has 0 saturated carbocycles. The van der Waals surface area contributed by atoms with Gasteiger partial charge in [-0.05, 0) is 48.9 Å². The van der Waals surface area contributed by atoms with Crippen molar-refractivity contribution in [2.45, 2.75) is 13.0 Å². The number of amides is 1. The first kappa shape index (κ1) is 15.1. The van der Waals surface area contributed by atoms with Crippen molar-refractivity contribution in [1.29, 1.82) is 0 Å². The first-order chi connectivity index (χ1) is 11.5. The molecule has 0 fully saturated rings. The summed E-state index contributed by atoms with van der Waals surface area (Å²) in [7, 11) is 0. The Bertz CT molecular complexity index is 932. The average Bonchev–Trinajstić information content (AvgIpc) is 3.08. The zero-order chi connectivity index (χ0) is 16.8. The van der Waals surface area contributed by atoms with Crippen LogP contribution in [0.4, 0.5) is 4.39 Å². The van der Waals surface area contributed by atoms with Gasteiger partial charge >= 0.3 is 0 Å². The number of rotatable bonds is 2. The zero-order valence-electron chi connectivity index (χ0n) is 12.8. The molecule has 0 aliphatic carbocycles. The maximum atomic E-state index is 13.2. The number of hydrogen-bond acceptors (Lipinski definition) is 2. The van der Waals surface area contributed by atoms with Gasteiger partial charge in [0.15, 0.2) is 0 Å². The molecular weight excluding hydrogens is 373 g/mol. The normalized spacial score (nSPS) is 16.1. The molecule has 0 spiro atoms. The maximum absolute atomic E-state index is 13.2. The largest absolute Gasteiger partial charge is 0.340 e. The van der Waals surface area contributed by atoms with Gasteiger partial charge in [-0.3, -0.25) is 4.79 Å². The van der Waals surface area contributed by atoms with Crippen molar-refractivity contribution in [2.24, 2.45) is 0 Å². The summed E-state index contributed by atoms with van der Waals surface area (Å²) in [6.07, 6.45) is 0. The Morgan fingerprint density at radius 3 is 2.46 bits per heavy atom. The SMILES string of the molecule is Cc1nn(-c2ccc(F)cc2)c2c1C(c1ccc(Br)cc1)NC2=O. The molecule has 1 aromatic heterocycles. The number of aryl methyl sites for hydroxylation is 1. The third-order valence-corrected chi connectivity index (χ3v) is 4.69. The maximum Gasteiger partial charge on any atom is 0.271 e. The van der Waals surface area contributed by atoms with Gasteiger partial charge in [0.25, 0.3) is 5.91 Å². The molecule has 1 aliphatic heterocycles. The van der Waals surface area contributed by atoms with E-state index in [9.17, 15) is 9.18 Å². The van der Waals surface area contributed by atoms with Crippen LogP contribution in [-0.2, 0) is 0 Å². The predicted octanol–water partition coefficient (Wildman–Crippen LogP) is 3.92. The third kappa shape index (κ3) is 2.34. The van der Waals surface area contributed by atoms with E-state index in [-0.39, 0.29) is 17.8 Å². The second-order valence-electron chi connectivity index (χ2n) is 5.69. The second kappa shape index (κ2) is 5.56. The Morgan fingerprint density at radius 2 is 1.79 bits per heavy atom. The number of nitrogens with zero attached hydrogens (tertiary/aromatic N) is 2. The van der Waals surface area contributed by atoms with E-state index in [4.69, 9.17) is 0 Å². The summed E-state index contributed by atoms with van der Waals surface area (Å²) in [4.78, 5) is 12.5. The van der Waals surface area contributed by atoms with Crippen molar-refractivity contribution >= 4 is 21.8 Å². The monoisotopic (exact) mass is 385 g/mol. The van der Waals surface area contributed by atoms with Crippen LogP contribution in [0.15, 0.2) is 53.0 Å². The summed E-state index contributed by atoms with van der Waals surface area (Å²) in [5.41, 5.74) is 3.80. The summed E-state index contributed by atoms with van der Waals surface area (Å²) in [5, 5.41) is 7.51. The van der Waals surface area contributed by atoms with E-state index >= 15 is 0 Å². The van der Waals surface area contributed by atoms with Crippen molar-refractivity contribution in [2.75, 3.05) is 0 Å². The molecule has 6 heteroatoms. The Hall–Kier alpha value is -2.47. The lowest BCUT2D eigenvalue weighted by atomic mass is 10.0. The zero-order valence-corrected chi connectivity index (χ0v) is 14.3. The van der Waals surface area contributed by atoms with Gasteiger partial charge in [-0.15, -0.1) is 0 Å². The number of aromatic nitrogens is 2. The van der Waals surface area contributed by atoms with Crippen LogP contribution < -0.4 is 5.32 Å². The second-order valence-corrected chi connectivity index (χ2v) is 6.61. The highest BCUT2D eigenvalue weighted by atomic mass is 79.9. The van der Waals surface area contributed by atoms with E-state index in [1.165, 1.54) is 12.1 Å². The van der Waals surface area contributed by atoms with Gasteiger partial charge < -0.3 is 5.32 Å². The molecule has 120 valence electrons. The molecule has 4 rings (SSSR count). The van der Waals surface area contributed by atoms with Crippen molar-refractivity contribution < 1.29 is 9.18 Å². The van der Waals surface area contributed by atoms with E-state index < -0.39 is 0 Å². The Morgan fingerprint density at radius 1 is 1.12 bits per heavy atom. The van der Waals surface area contributed by atoms with Gasteiger partial charge in [0.05, 0.1) is 17.4 Å². The minimum atomic E-state index is -0.323. The average molecular weight is 386 g/mol. The number of halogens is 2. The molecule has 3 aromatic rings. The van der Waals surface area contributed by atoms with Gasteiger partial charge in [0, 0.05) is 10.0 Å². The van der Waals surface area contributed by atoms with Crippen LogP contribution in [0, 0.1) is 12.7 Å². The van der Waals surface area contributed by atoms with Crippen LogP contribution >= 0.6 is 15.9 Å². The molecule has 0 saturated heterocycles. The molecule has 0 bridgehead atoms. The number of nitrogens with one attached hydrogen (secondary N) is 1. The fraction of sp³-hybridized carbons (Fsp3) is 0.111. The lowest BCUT2D eigenvalue weighted by Crippen LogP contribution is -2.22. The molecule has 1 amide bonds. The predicted molar refractivity (Wildman–Crippen MR) is 91.7 cm³/mol. The Kier molecular flexibility index (Phi) is 3.49. The molecule has 2 aromatic carbocycles. The van der Waals surface area contributed by atoms with Gasteiger partial charge in [-0.25, -0.2) is 9.07 Å². The highest BCUT2D eigenvalue weighted by Crippen LogP contribution is 2.35. The van der Waals surface area contributed by atoms with Crippen LogP contribution in [0.25, 0.3) is 5.69 Å². The van der Waals surface area contributed by atoms with E-state index in [0.717, 1.165) is 21.3 Å². The van der Waals surface area contributed by atoms with Crippen LogP contribution in [0.2, 0.25) is 0 Å². The first-order valence-electron chi connectivity index (χ1n) is 7.46. The van der Waals surface area contributed by atoms with E-state index in [1.54, 1.807) is 16.8 Å². The Balaban J connectivity index is 1.84. The van der Waals surface area contributed by atoms with Gasteiger partial charge in [0.2, 0.25) is 0 Å². The lowest BCUT2D eigenvalue weighted by molar-refractivity contribution is 0.0953. The van der Waals surface area contributed by atoms with Gasteiger partial charge in [0.1, 0.15) is 11.5 Å². The highest BCUT2D eigenvalue weighted by molar-refractivity contribution is 9.10. The summed E-state index contributed by atoms with van der Waals surface area (Å²) in [6, 6.07) is 13.5. The molecule has 24 heavy (non-hydrogen) atoms. The van der Waals surface area contributed by atoms with Crippen LogP contribution in [0.5, 0.6) is 0 Å². The van der Waals surface area contributed by atoms with E-state index in [0.29, 0.717) is 11.4 Å². The van der Waals surface area contributed by atoms with E-state index in [1.807, 2.05) is 31.2 Å². The summed E-state index contributed by atoms with van der Waals surface area (Å²) in [6.45, 7) is 1.88. The minimum absolute atomic E-state index is 0.178. The van der Waals surface area contributed by atoms with Crippen molar-refractivity contribution in [3.8, 4) is 5.69 Å². The van der Waals surface area contributed by atoms with Crippen molar-refractivity contribution in [3.05, 3.63) is 81.3 Å². The molecule has 1 aliphatic rings. The Labute approximate surface area is 146 Å². The summed E-state index contributed by atoms with van der Waals surface area (Å²) < 4.78 is 15.7. The minimum Gasteiger partial charge on any atom is -0.340 e. The number of benzene rings is 2. The standard InChI is InChI=1S/C18H13BrFN3O/c1-10-15-16(11-2-4-12(19)5-3-11)21-18(24)17(15)23(22-10)14-8-6-13(20)7-9-14/h2-9,16H,1H3,(H,21,24). The van der Waals surface area contributed by atoms with Crippen molar-refractivity contribution in [1.82, 2.24) is 15.1 Å². The van der Waals surface area contributed by atoms with Crippen LogP contribution in [-0.4, -0.2) is 15.7 Å². The number of carbonyl (C=O) groups is 1. The summed E-state index contributed by atoms with van der Waals surface area (Å²) >= 11 is 3.42. The van der Waals surface area contributed by atoms with Crippen LogP contribution in [0.1, 0.15) is 33.4 Å². The number of carbonyl (C=O) groups excluding carboxylic acids is 1. The van der Waals surface area contributed by atoms with Crippen LogP contribution in [0.3, 0.4) is 0 Å². The molecule has 0 radical (unpaired) electrons. The van der Waals surface area contributed by atoms with E-state index in [2.05, 4.69) is 26.3 Å². The lowest BCUT2D eigenvalue weighted by Gasteiger charge is -2.12. The molecule has 1 atom stereocenters. The molecule has 4 nitrogen and oxygen atoms in total. The molecule has 2 heterocycles. The smallest absolute Gasteiger partial charge is 0.271 e. The quantitative estimate of drug-likeness (QED) is 0.726.